The van der Waals surface area contributed by atoms with Gasteiger partial charge in [-0.2, -0.15) is 0 Å². The number of aliphatic hydroxyl groups is 1. The number of ether oxygens (including phenoxy) is 1. The van der Waals surface area contributed by atoms with E-state index in [1.54, 1.807) is 0 Å². The topological polar surface area (TPSA) is 96.5 Å². The van der Waals surface area contributed by atoms with Crippen molar-refractivity contribution in [2.75, 3.05) is 30.0 Å². The van der Waals surface area contributed by atoms with E-state index < -0.39 is 0 Å². The average Bonchev–Trinajstić information content (AvgIpc) is 2.46. The number of hydrazine groups is 1. The molecule has 1 aliphatic rings. The van der Waals surface area contributed by atoms with Crippen molar-refractivity contribution >= 4 is 11.6 Å². The Bertz CT molecular complexity index is 468. The number of aliphatic hydroxyl groups excluding tert-OH is 1. The summed E-state index contributed by atoms with van der Waals surface area (Å²) in [4.78, 5) is 11.1. The molecule has 1 aromatic heterocycles. The summed E-state index contributed by atoms with van der Waals surface area (Å²) in [6.45, 7) is 7.31. The van der Waals surface area contributed by atoms with E-state index >= 15 is 0 Å². The van der Waals surface area contributed by atoms with Gasteiger partial charge in [-0.05, 0) is 13.8 Å². The number of nitrogens with two attached hydrogens (primary N) is 1. The first-order chi connectivity index (χ1) is 9.58. The molecule has 0 spiro atoms. The van der Waals surface area contributed by atoms with Crippen molar-refractivity contribution in [2.24, 2.45) is 5.84 Å². The SMILES string of the molecule is CCc1nc(NN)c(C)c(N2CC(C)OC(CO)C2)n1. The highest BCUT2D eigenvalue weighted by Crippen LogP contribution is 2.26. The number of aryl methyl sites for hydroxylation is 1. The van der Waals surface area contributed by atoms with Gasteiger partial charge in [0.1, 0.15) is 17.5 Å². The molecule has 112 valence electrons. The van der Waals surface area contributed by atoms with E-state index in [9.17, 15) is 5.11 Å². The third-order valence-electron chi connectivity index (χ3n) is 3.45. The van der Waals surface area contributed by atoms with Crippen LogP contribution in [-0.4, -0.2) is 47.0 Å². The van der Waals surface area contributed by atoms with E-state index in [1.807, 2.05) is 20.8 Å². The number of nitrogen functional groups attached to an aromatic ring is 1. The maximum Gasteiger partial charge on any atom is 0.148 e. The van der Waals surface area contributed by atoms with Gasteiger partial charge in [0, 0.05) is 25.1 Å². The third-order valence-corrected chi connectivity index (χ3v) is 3.45. The summed E-state index contributed by atoms with van der Waals surface area (Å²) in [7, 11) is 0. The summed E-state index contributed by atoms with van der Waals surface area (Å²) < 4.78 is 5.66. The molecule has 7 heteroatoms. The summed E-state index contributed by atoms with van der Waals surface area (Å²) in [6.07, 6.45) is 0.604. The Labute approximate surface area is 119 Å². The molecule has 2 rings (SSSR count). The Morgan fingerprint density at radius 2 is 2.20 bits per heavy atom. The van der Waals surface area contributed by atoms with Crippen LogP contribution in [0, 0.1) is 6.92 Å². The van der Waals surface area contributed by atoms with Crippen LogP contribution in [0.5, 0.6) is 0 Å². The first-order valence-corrected chi connectivity index (χ1v) is 6.94. The molecule has 0 saturated carbocycles. The molecule has 2 unspecified atom stereocenters. The predicted octanol–water partition coefficient (Wildman–Crippen LogP) is 0.219. The van der Waals surface area contributed by atoms with Crippen molar-refractivity contribution in [1.82, 2.24) is 9.97 Å². The van der Waals surface area contributed by atoms with Gasteiger partial charge in [-0.3, -0.25) is 0 Å². The highest BCUT2D eigenvalue weighted by atomic mass is 16.5. The molecule has 1 fully saturated rings. The number of rotatable bonds is 4. The smallest absolute Gasteiger partial charge is 0.148 e. The molecule has 20 heavy (non-hydrogen) atoms. The van der Waals surface area contributed by atoms with Crippen molar-refractivity contribution in [1.29, 1.82) is 0 Å². The lowest BCUT2D eigenvalue weighted by Crippen LogP contribution is -2.48. The van der Waals surface area contributed by atoms with Gasteiger partial charge in [-0.15, -0.1) is 0 Å². The van der Waals surface area contributed by atoms with Crippen molar-refractivity contribution in [3.8, 4) is 0 Å². The van der Waals surface area contributed by atoms with E-state index in [0.717, 1.165) is 30.2 Å². The second-order valence-corrected chi connectivity index (χ2v) is 5.09. The largest absolute Gasteiger partial charge is 0.394 e. The number of hydrogen-bond donors (Lipinski definition) is 3. The van der Waals surface area contributed by atoms with Gasteiger partial charge in [0.2, 0.25) is 0 Å². The van der Waals surface area contributed by atoms with Gasteiger partial charge in [0.05, 0.1) is 18.8 Å². The van der Waals surface area contributed by atoms with Gasteiger partial charge in [-0.1, -0.05) is 6.92 Å². The maximum absolute atomic E-state index is 9.33. The summed E-state index contributed by atoms with van der Waals surface area (Å²) in [5.74, 6) is 7.78. The summed E-state index contributed by atoms with van der Waals surface area (Å²) >= 11 is 0. The van der Waals surface area contributed by atoms with Crippen LogP contribution in [0.3, 0.4) is 0 Å². The minimum atomic E-state index is -0.188. The van der Waals surface area contributed by atoms with Crippen LogP contribution >= 0.6 is 0 Å². The zero-order chi connectivity index (χ0) is 14.7. The summed E-state index contributed by atoms with van der Waals surface area (Å²) in [5.41, 5.74) is 3.54. The first-order valence-electron chi connectivity index (χ1n) is 6.94. The molecule has 7 nitrogen and oxygen atoms in total. The standard InChI is InChI=1S/C13H23N5O2/c1-4-11-15-12(17-14)9(3)13(16-11)18-5-8(2)20-10(6-18)7-19/h8,10,19H,4-7,14H2,1-3H3,(H,15,16,17). The Balaban J connectivity index is 2.35. The fourth-order valence-electron chi connectivity index (χ4n) is 2.48. The van der Waals surface area contributed by atoms with Crippen molar-refractivity contribution in [3.63, 3.8) is 0 Å². The molecule has 2 atom stereocenters. The Hall–Kier alpha value is -1.44. The van der Waals surface area contributed by atoms with Gasteiger partial charge in [0.25, 0.3) is 0 Å². The van der Waals surface area contributed by atoms with Crippen LogP contribution < -0.4 is 16.2 Å². The minimum absolute atomic E-state index is 0.00754. The normalized spacial score (nSPS) is 22.9. The van der Waals surface area contributed by atoms with Crippen molar-refractivity contribution in [2.45, 2.75) is 39.4 Å². The molecule has 0 aliphatic carbocycles. The van der Waals surface area contributed by atoms with Crippen LogP contribution in [0.1, 0.15) is 25.2 Å². The third kappa shape index (κ3) is 3.00. The van der Waals surface area contributed by atoms with E-state index in [-0.39, 0.29) is 18.8 Å². The lowest BCUT2D eigenvalue weighted by Gasteiger charge is -2.37. The van der Waals surface area contributed by atoms with Crippen molar-refractivity contribution in [3.05, 3.63) is 11.4 Å². The summed E-state index contributed by atoms with van der Waals surface area (Å²) in [5, 5.41) is 9.33. The van der Waals surface area contributed by atoms with E-state index in [4.69, 9.17) is 10.6 Å². The van der Waals surface area contributed by atoms with Crippen LogP contribution in [0.25, 0.3) is 0 Å². The molecule has 1 aliphatic heterocycles. The quantitative estimate of drug-likeness (QED) is 0.536. The van der Waals surface area contributed by atoms with Crippen LogP contribution in [-0.2, 0) is 11.2 Å². The molecule has 0 bridgehead atoms. The second-order valence-electron chi connectivity index (χ2n) is 5.09. The predicted molar refractivity (Wildman–Crippen MR) is 77.6 cm³/mol. The second kappa shape index (κ2) is 6.34. The Morgan fingerprint density at radius 1 is 1.45 bits per heavy atom. The molecule has 1 saturated heterocycles. The fourth-order valence-corrected chi connectivity index (χ4v) is 2.48. The van der Waals surface area contributed by atoms with E-state index in [0.29, 0.717) is 12.4 Å². The highest BCUT2D eigenvalue weighted by molar-refractivity contribution is 5.58. The van der Waals surface area contributed by atoms with Gasteiger partial charge in [0.15, 0.2) is 0 Å². The maximum atomic E-state index is 9.33. The number of morpholine rings is 1. The van der Waals surface area contributed by atoms with Gasteiger partial charge in [-0.25, -0.2) is 15.8 Å². The number of nitrogens with zero attached hydrogens (tertiary/aromatic N) is 3. The highest BCUT2D eigenvalue weighted by Gasteiger charge is 2.27. The Morgan fingerprint density at radius 3 is 2.80 bits per heavy atom. The van der Waals surface area contributed by atoms with Gasteiger partial charge < -0.3 is 20.2 Å². The molecular weight excluding hydrogens is 258 g/mol. The minimum Gasteiger partial charge on any atom is -0.394 e. The molecule has 4 N–H and O–H groups in total. The van der Waals surface area contributed by atoms with Crippen molar-refractivity contribution < 1.29 is 9.84 Å². The van der Waals surface area contributed by atoms with E-state index in [1.165, 1.54) is 0 Å². The zero-order valence-corrected chi connectivity index (χ0v) is 12.3. The molecule has 0 radical (unpaired) electrons. The molecule has 0 amide bonds. The fraction of sp³-hybridized carbons (Fsp3) is 0.692. The molecule has 1 aromatic rings. The summed E-state index contributed by atoms with van der Waals surface area (Å²) in [6, 6.07) is 0. The number of anilines is 2. The number of aromatic nitrogens is 2. The van der Waals surface area contributed by atoms with Crippen LogP contribution in [0.4, 0.5) is 11.6 Å². The number of hydrogen-bond acceptors (Lipinski definition) is 7. The monoisotopic (exact) mass is 281 g/mol. The lowest BCUT2D eigenvalue weighted by atomic mass is 10.2. The van der Waals surface area contributed by atoms with Crippen LogP contribution in [0.15, 0.2) is 0 Å². The zero-order valence-electron chi connectivity index (χ0n) is 12.3. The molecule has 2 heterocycles. The van der Waals surface area contributed by atoms with Gasteiger partial charge >= 0.3 is 0 Å². The molecule has 0 aromatic carbocycles. The van der Waals surface area contributed by atoms with Crippen LogP contribution in [0.2, 0.25) is 0 Å². The Kier molecular flexibility index (Phi) is 4.74. The first kappa shape index (κ1) is 15.0. The lowest BCUT2D eigenvalue weighted by molar-refractivity contribution is -0.0423. The molecular formula is C13H23N5O2. The number of nitrogens with one attached hydrogen (secondary N) is 1. The average molecular weight is 281 g/mol. The van der Waals surface area contributed by atoms with E-state index in [2.05, 4.69) is 20.3 Å².